The molecule has 2 atom stereocenters. The van der Waals surface area contributed by atoms with Gasteiger partial charge in [-0.1, -0.05) is 43.2 Å². The molecule has 40 heavy (non-hydrogen) atoms. The Morgan fingerprint density at radius 2 is 1.75 bits per heavy atom. The van der Waals surface area contributed by atoms with Crippen molar-refractivity contribution >= 4 is 21.6 Å². The third-order valence-corrected chi connectivity index (χ3v) is 10.5. The van der Waals surface area contributed by atoms with Crippen LogP contribution in [-0.4, -0.2) is 69.7 Å². The Hall–Kier alpha value is -2.46. The largest absolute Gasteiger partial charge is 0.390 e. The fraction of sp³-hybridized carbons (Fsp3) is 0.581. The van der Waals surface area contributed by atoms with Crippen LogP contribution in [0.3, 0.4) is 0 Å². The van der Waals surface area contributed by atoms with Crippen LogP contribution in [0.5, 0.6) is 0 Å². The fourth-order valence-corrected chi connectivity index (χ4v) is 7.84. The molecule has 1 saturated carbocycles. The molecule has 1 aliphatic carbocycles. The van der Waals surface area contributed by atoms with E-state index in [1.54, 1.807) is 6.07 Å². The number of nitrogens with one attached hydrogen (secondary N) is 2. The van der Waals surface area contributed by atoms with Crippen LogP contribution in [0.15, 0.2) is 48.5 Å². The Balaban J connectivity index is 1.38. The van der Waals surface area contributed by atoms with Crippen LogP contribution in [0.25, 0.3) is 0 Å². The van der Waals surface area contributed by atoms with Gasteiger partial charge in [0.25, 0.3) is 5.91 Å². The normalized spacial score (nSPS) is 21.7. The average Bonchev–Trinajstić information content (AvgIpc) is 3.51. The van der Waals surface area contributed by atoms with Gasteiger partial charge in [-0.05, 0) is 80.2 Å². The second-order valence-corrected chi connectivity index (χ2v) is 13.5. The molecule has 0 aromatic heterocycles. The summed E-state index contributed by atoms with van der Waals surface area (Å²) < 4.78 is 32.8. The predicted octanol–water partition coefficient (Wildman–Crippen LogP) is 3.74. The summed E-state index contributed by atoms with van der Waals surface area (Å²) in [6.07, 6.45) is 7.33. The highest BCUT2D eigenvalue weighted by Crippen LogP contribution is 2.37. The SMILES string of the molecule is O=C(N[C@@H](Cc1ccccc1)[C@H](O)CNC1CCOCC1)c1cc(C2CCCC2)cc(N2CCCCS2(=O)=O)c1. The van der Waals surface area contributed by atoms with Gasteiger partial charge in [-0.3, -0.25) is 9.10 Å². The lowest BCUT2D eigenvalue weighted by Gasteiger charge is -2.30. The van der Waals surface area contributed by atoms with Crippen LogP contribution in [0.2, 0.25) is 0 Å². The Morgan fingerprint density at radius 1 is 1.00 bits per heavy atom. The average molecular weight is 570 g/mol. The van der Waals surface area contributed by atoms with E-state index in [-0.39, 0.29) is 17.7 Å². The molecule has 2 aliphatic heterocycles. The maximum absolute atomic E-state index is 13.8. The number of ether oxygens (including phenoxy) is 1. The number of benzene rings is 2. The molecule has 0 radical (unpaired) electrons. The van der Waals surface area contributed by atoms with Crippen LogP contribution in [0.4, 0.5) is 5.69 Å². The first-order valence-electron chi connectivity index (χ1n) is 14.9. The molecule has 218 valence electrons. The Morgan fingerprint density at radius 3 is 2.48 bits per heavy atom. The van der Waals surface area contributed by atoms with Gasteiger partial charge in [-0.25, -0.2) is 8.42 Å². The molecule has 2 aromatic rings. The number of anilines is 1. The summed E-state index contributed by atoms with van der Waals surface area (Å²) in [6, 6.07) is 15.2. The molecule has 2 aromatic carbocycles. The van der Waals surface area contributed by atoms with E-state index in [0.717, 1.165) is 56.1 Å². The first-order valence-corrected chi connectivity index (χ1v) is 16.5. The first-order chi connectivity index (χ1) is 19.4. The van der Waals surface area contributed by atoms with Gasteiger partial charge in [0, 0.05) is 37.9 Å². The minimum absolute atomic E-state index is 0.133. The summed E-state index contributed by atoms with van der Waals surface area (Å²) in [7, 11) is -3.41. The lowest BCUT2D eigenvalue weighted by Crippen LogP contribution is -2.50. The van der Waals surface area contributed by atoms with E-state index in [2.05, 4.69) is 10.6 Å². The molecule has 0 spiro atoms. The van der Waals surface area contributed by atoms with Gasteiger partial charge in [0.05, 0.1) is 23.6 Å². The summed E-state index contributed by atoms with van der Waals surface area (Å²) >= 11 is 0. The highest BCUT2D eigenvalue weighted by atomic mass is 32.2. The molecule has 3 N–H and O–H groups in total. The van der Waals surface area contributed by atoms with Gasteiger partial charge in [-0.2, -0.15) is 0 Å². The van der Waals surface area contributed by atoms with Crippen molar-refractivity contribution in [2.24, 2.45) is 0 Å². The molecule has 5 rings (SSSR count). The van der Waals surface area contributed by atoms with Crippen molar-refractivity contribution in [2.75, 3.05) is 36.4 Å². The zero-order valence-electron chi connectivity index (χ0n) is 23.3. The van der Waals surface area contributed by atoms with Crippen molar-refractivity contribution in [2.45, 2.75) is 81.9 Å². The van der Waals surface area contributed by atoms with E-state index >= 15 is 0 Å². The Kier molecular flexibility index (Phi) is 9.78. The van der Waals surface area contributed by atoms with Gasteiger partial charge in [0.1, 0.15) is 0 Å². The van der Waals surface area contributed by atoms with Crippen LogP contribution in [-0.2, 0) is 21.2 Å². The Bertz CT molecular complexity index is 1230. The number of carbonyl (C=O) groups excluding carboxylic acids is 1. The summed E-state index contributed by atoms with van der Waals surface area (Å²) in [5.74, 6) is 0.170. The Labute approximate surface area is 238 Å². The number of hydrogen-bond donors (Lipinski definition) is 3. The maximum atomic E-state index is 13.8. The molecular formula is C31H43N3O5S. The van der Waals surface area contributed by atoms with Crippen LogP contribution < -0.4 is 14.9 Å². The lowest BCUT2D eigenvalue weighted by atomic mass is 9.94. The second kappa shape index (κ2) is 13.5. The first kappa shape index (κ1) is 29.0. The molecule has 9 heteroatoms. The standard InChI is InChI=1S/C31H43N3O5S/c35-30(22-32-27-12-15-39-16-13-27)29(18-23-8-2-1-3-9-23)33-31(36)26-19-25(24-10-4-5-11-24)20-28(21-26)34-14-6-7-17-40(34,37)38/h1-3,8-9,19-21,24,27,29-30,32,35H,4-7,10-18,22H2,(H,33,36)/t29-,30+/m0/s1. The van der Waals surface area contributed by atoms with Crippen LogP contribution in [0, 0.1) is 0 Å². The molecule has 2 saturated heterocycles. The maximum Gasteiger partial charge on any atom is 0.251 e. The minimum Gasteiger partial charge on any atom is -0.390 e. The predicted molar refractivity (Wildman–Crippen MR) is 157 cm³/mol. The molecule has 0 unspecified atom stereocenters. The summed E-state index contributed by atoms with van der Waals surface area (Å²) in [6.45, 7) is 2.22. The number of sulfonamides is 1. The smallest absolute Gasteiger partial charge is 0.251 e. The van der Waals surface area contributed by atoms with E-state index in [1.165, 1.54) is 4.31 Å². The van der Waals surface area contributed by atoms with Crippen molar-refractivity contribution in [3.05, 3.63) is 65.2 Å². The lowest BCUT2D eigenvalue weighted by molar-refractivity contribution is 0.0657. The van der Waals surface area contributed by atoms with Gasteiger partial charge >= 0.3 is 0 Å². The molecule has 8 nitrogen and oxygen atoms in total. The molecule has 3 aliphatic rings. The quantitative estimate of drug-likeness (QED) is 0.402. The number of amides is 1. The van der Waals surface area contributed by atoms with Crippen LogP contribution in [0.1, 0.15) is 78.8 Å². The molecule has 0 bridgehead atoms. The number of nitrogens with zero attached hydrogens (tertiary/aromatic N) is 1. The van der Waals surface area contributed by atoms with Crippen LogP contribution >= 0.6 is 0 Å². The van der Waals surface area contributed by atoms with Crippen molar-refractivity contribution in [1.29, 1.82) is 0 Å². The highest BCUT2D eigenvalue weighted by molar-refractivity contribution is 7.92. The minimum atomic E-state index is -3.41. The van der Waals surface area contributed by atoms with E-state index in [0.29, 0.717) is 56.3 Å². The van der Waals surface area contributed by atoms with Crippen molar-refractivity contribution < 1.29 is 23.1 Å². The number of aliphatic hydroxyl groups excluding tert-OH is 1. The van der Waals surface area contributed by atoms with Gasteiger partial charge in [0.15, 0.2) is 0 Å². The zero-order chi connectivity index (χ0) is 28.0. The van der Waals surface area contributed by atoms with Crippen molar-refractivity contribution in [3.8, 4) is 0 Å². The second-order valence-electron chi connectivity index (χ2n) is 11.5. The number of carbonyl (C=O) groups is 1. The number of rotatable bonds is 10. The topological polar surface area (TPSA) is 108 Å². The van der Waals surface area contributed by atoms with Gasteiger partial charge in [0.2, 0.25) is 10.0 Å². The molecule has 1 amide bonds. The van der Waals surface area contributed by atoms with E-state index in [9.17, 15) is 18.3 Å². The molecular weight excluding hydrogens is 526 g/mol. The van der Waals surface area contributed by atoms with Crippen molar-refractivity contribution in [3.63, 3.8) is 0 Å². The monoisotopic (exact) mass is 569 g/mol. The molecule has 3 fully saturated rings. The third kappa shape index (κ3) is 7.43. The fourth-order valence-electron chi connectivity index (χ4n) is 6.22. The summed E-state index contributed by atoms with van der Waals surface area (Å²) in [4.78, 5) is 13.8. The zero-order valence-corrected chi connectivity index (χ0v) is 24.1. The van der Waals surface area contributed by atoms with Gasteiger partial charge < -0.3 is 20.5 Å². The van der Waals surface area contributed by atoms with E-state index < -0.39 is 22.2 Å². The van der Waals surface area contributed by atoms with Crippen molar-refractivity contribution in [1.82, 2.24) is 10.6 Å². The molecule has 2 heterocycles. The third-order valence-electron chi connectivity index (χ3n) is 8.58. The highest BCUT2D eigenvalue weighted by Gasteiger charge is 2.30. The summed E-state index contributed by atoms with van der Waals surface area (Å²) in [5.41, 5.74) is 3.08. The van der Waals surface area contributed by atoms with Gasteiger partial charge in [-0.15, -0.1) is 0 Å². The number of aliphatic hydroxyl groups is 1. The van der Waals surface area contributed by atoms with E-state index in [4.69, 9.17) is 4.74 Å². The number of hydrogen-bond acceptors (Lipinski definition) is 6. The van der Waals surface area contributed by atoms with E-state index in [1.807, 2.05) is 42.5 Å². The summed E-state index contributed by atoms with van der Waals surface area (Å²) in [5, 5.41) is 17.8.